The number of nitrogens with zero attached hydrogens (tertiary/aromatic N) is 1. The standard InChI is InChI=1S/C20H22ClN3O4S/c1-3-9-24(11-13-7-8-16(21)29-13)12-14-17(19(25)27-4-2)18(23-20(26)22-14)15-6-5-10-28-15/h3,5-8,10,18H,1,4,9,11-12H2,2H3,(H2,22,23,26). The van der Waals surface area contributed by atoms with Crippen molar-refractivity contribution < 1.29 is 18.7 Å². The Morgan fingerprint density at radius 2 is 2.24 bits per heavy atom. The number of hydrogen-bond acceptors (Lipinski definition) is 6. The summed E-state index contributed by atoms with van der Waals surface area (Å²) in [4.78, 5) is 28.2. The number of amides is 2. The van der Waals surface area contributed by atoms with Crippen LogP contribution in [0.3, 0.4) is 0 Å². The number of carbonyl (C=O) groups is 2. The molecule has 2 aromatic heterocycles. The van der Waals surface area contributed by atoms with Crippen LogP contribution < -0.4 is 10.6 Å². The van der Waals surface area contributed by atoms with Gasteiger partial charge in [0.15, 0.2) is 0 Å². The van der Waals surface area contributed by atoms with Crippen LogP contribution in [0, 0.1) is 0 Å². The van der Waals surface area contributed by atoms with Crippen LogP contribution in [-0.4, -0.2) is 36.6 Å². The number of ether oxygens (including phenoxy) is 1. The van der Waals surface area contributed by atoms with Crippen LogP contribution in [0.25, 0.3) is 0 Å². The maximum Gasteiger partial charge on any atom is 0.338 e. The van der Waals surface area contributed by atoms with Gasteiger partial charge in [-0.2, -0.15) is 0 Å². The molecule has 3 rings (SSSR count). The van der Waals surface area contributed by atoms with Gasteiger partial charge in [0.25, 0.3) is 0 Å². The SMILES string of the molecule is C=CCN(CC1=C(C(=O)OCC)C(c2ccco2)NC(=O)N1)Cc1ccc(Cl)s1. The Bertz CT molecular complexity index is 907. The van der Waals surface area contributed by atoms with Crippen LogP contribution in [-0.2, 0) is 16.1 Å². The second-order valence-corrected chi connectivity index (χ2v) is 8.12. The van der Waals surface area contributed by atoms with Crippen LogP contribution in [0.2, 0.25) is 4.34 Å². The molecule has 0 bridgehead atoms. The van der Waals surface area contributed by atoms with E-state index in [9.17, 15) is 9.59 Å². The molecule has 7 nitrogen and oxygen atoms in total. The molecule has 0 saturated carbocycles. The predicted octanol–water partition coefficient (Wildman–Crippen LogP) is 3.85. The summed E-state index contributed by atoms with van der Waals surface area (Å²) in [7, 11) is 0. The molecule has 29 heavy (non-hydrogen) atoms. The molecular formula is C20H22ClN3O4S. The van der Waals surface area contributed by atoms with Gasteiger partial charge in [-0.15, -0.1) is 17.9 Å². The van der Waals surface area contributed by atoms with Gasteiger partial charge in [-0.25, -0.2) is 9.59 Å². The maximum absolute atomic E-state index is 12.8. The first-order valence-corrected chi connectivity index (χ1v) is 10.3. The summed E-state index contributed by atoms with van der Waals surface area (Å²) in [5.74, 6) is -0.0465. The second-order valence-electron chi connectivity index (χ2n) is 6.32. The summed E-state index contributed by atoms with van der Waals surface area (Å²) >= 11 is 7.53. The van der Waals surface area contributed by atoms with E-state index in [0.717, 1.165) is 4.88 Å². The molecule has 154 valence electrons. The average Bonchev–Trinajstić information content (AvgIpc) is 3.33. The van der Waals surface area contributed by atoms with Gasteiger partial charge in [-0.1, -0.05) is 17.7 Å². The van der Waals surface area contributed by atoms with E-state index < -0.39 is 18.0 Å². The van der Waals surface area contributed by atoms with Gasteiger partial charge in [-0.3, -0.25) is 4.90 Å². The number of thiophene rings is 1. The van der Waals surface area contributed by atoms with Crippen LogP contribution in [0.15, 0.2) is 58.9 Å². The van der Waals surface area contributed by atoms with Crippen molar-refractivity contribution >= 4 is 34.9 Å². The molecule has 0 aromatic carbocycles. The molecule has 1 unspecified atom stereocenters. The molecule has 1 atom stereocenters. The average molecular weight is 436 g/mol. The van der Waals surface area contributed by atoms with E-state index in [1.54, 1.807) is 25.1 Å². The molecule has 3 heterocycles. The summed E-state index contributed by atoms with van der Waals surface area (Å²) in [5.41, 5.74) is 0.790. The first-order chi connectivity index (χ1) is 14.0. The number of nitrogens with one attached hydrogen (secondary N) is 2. The molecular weight excluding hydrogens is 414 g/mol. The van der Waals surface area contributed by atoms with E-state index in [0.29, 0.717) is 41.0 Å². The lowest BCUT2D eigenvalue weighted by atomic mass is 10.00. The fraction of sp³-hybridized carbons (Fsp3) is 0.300. The van der Waals surface area contributed by atoms with Crippen LogP contribution in [0.4, 0.5) is 4.79 Å². The summed E-state index contributed by atoms with van der Waals surface area (Å²) in [6.07, 6.45) is 3.27. The van der Waals surface area contributed by atoms with Gasteiger partial charge in [0.1, 0.15) is 11.8 Å². The van der Waals surface area contributed by atoms with Crippen LogP contribution in [0.1, 0.15) is 23.6 Å². The molecule has 1 aliphatic rings. The van der Waals surface area contributed by atoms with Gasteiger partial charge >= 0.3 is 12.0 Å². The number of esters is 1. The van der Waals surface area contributed by atoms with E-state index in [4.69, 9.17) is 20.8 Å². The van der Waals surface area contributed by atoms with Crippen molar-refractivity contribution in [3.8, 4) is 0 Å². The monoisotopic (exact) mass is 435 g/mol. The maximum atomic E-state index is 12.8. The van der Waals surface area contributed by atoms with E-state index in [1.165, 1.54) is 17.6 Å². The first-order valence-electron chi connectivity index (χ1n) is 9.10. The zero-order valence-corrected chi connectivity index (χ0v) is 17.5. The van der Waals surface area contributed by atoms with Crippen molar-refractivity contribution in [1.29, 1.82) is 0 Å². The smallest absolute Gasteiger partial charge is 0.338 e. The van der Waals surface area contributed by atoms with Crippen molar-refractivity contribution in [3.05, 3.63) is 69.4 Å². The number of furan rings is 1. The summed E-state index contributed by atoms with van der Waals surface area (Å²) in [6.45, 7) is 7.24. The Kier molecular flexibility index (Phi) is 7.13. The highest BCUT2D eigenvalue weighted by molar-refractivity contribution is 7.16. The zero-order chi connectivity index (χ0) is 20.8. The topological polar surface area (TPSA) is 83.8 Å². The number of hydrogen-bond donors (Lipinski definition) is 2. The Morgan fingerprint density at radius 3 is 2.86 bits per heavy atom. The van der Waals surface area contributed by atoms with Gasteiger partial charge in [0, 0.05) is 30.2 Å². The molecule has 2 amide bonds. The highest BCUT2D eigenvalue weighted by Gasteiger charge is 2.35. The third kappa shape index (κ3) is 5.29. The lowest BCUT2D eigenvalue weighted by molar-refractivity contribution is -0.139. The zero-order valence-electron chi connectivity index (χ0n) is 15.9. The molecule has 2 aromatic rings. The summed E-state index contributed by atoms with van der Waals surface area (Å²) in [6, 6.07) is 6.08. The lowest BCUT2D eigenvalue weighted by Gasteiger charge is -2.30. The highest BCUT2D eigenvalue weighted by Crippen LogP contribution is 2.29. The third-order valence-electron chi connectivity index (χ3n) is 4.25. The quantitative estimate of drug-likeness (QED) is 0.461. The summed E-state index contributed by atoms with van der Waals surface area (Å²) < 4.78 is 11.4. The van der Waals surface area contributed by atoms with Crippen molar-refractivity contribution in [3.63, 3.8) is 0 Å². The normalized spacial score (nSPS) is 16.5. The van der Waals surface area contributed by atoms with Crippen molar-refractivity contribution in [1.82, 2.24) is 15.5 Å². The number of halogens is 1. The van der Waals surface area contributed by atoms with E-state index in [2.05, 4.69) is 22.1 Å². The minimum atomic E-state index is -0.727. The van der Waals surface area contributed by atoms with Crippen LogP contribution in [0.5, 0.6) is 0 Å². The van der Waals surface area contributed by atoms with Crippen molar-refractivity contribution in [2.24, 2.45) is 0 Å². The van der Waals surface area contributed by atoms with Gasteiger partial charge in [-0.05, 0) is 31.2 Å². The Balaban J connectivity index is 1.94. The molecule has 1 aliphatic heterocycles. The fourth-order valence-corrected chi connectivity index (χ4v) is 4.24. The van der Waals surface area contributed by atoms with Gasteiger partial charge < -0.3 is 19.8 Å². The van der Waals surface area contributed by atoms with Gasteiger partial charge in [0.2, 0.25) is 0 Å². The van der Waals surface area contributed by atoms with Crippen molar-refractivity contribution in [2.75, 3.05) is 19.7 Å². The number of carbonyl (C=O) groups excluding carboxylic acids is 2. The minimum Gasteiger partial charge on any atom is -0.467 e. The molecule has 0 saturated heterocycles. The predicted molar refractivity (Wildman–Crippen MR) is 112 cm³/mol. The molecule has 9 heteroatoms. The molecule has 0 radical (unpaired) electrons. The van der Waals surface area contributed by atoms with Gasteiger partial charge in [0.05, 0.1) is 22.8 Å². The molecule has 0 spiro atoms. The highest BCUT2D eigenvalue weighted by atomic mass is 35.5. The molecule has 0 fully saturated rings. The Morgan fingerprint density at radius 1 is 1.41 bits per heavy atom. The first kappa shape index (κ1) is 21.2. The number of urea groups is 1. The largest absolute Gasteiger partial charge is 0.467 e. The van der Waals surface area contributed by atoms with E-state index in [1.807, 2.05) is 12.1 Å². The third-order valence-corrected chi connectivity index (χ3v) is 5.47. The fourth-order valence-electron chi connectivity index (χ4n) is 3.11. The summed E-state index contributed by atoms with van der Waals surface area (Å²) in [5, 5.41) is 5.51. The van der Waals surface area contributed by atoms with E-state index in [-0.39, 0.29) is 6.61 Å². The number of rotatable bonds is 9. The second kappa shape index (κ2) is 9.78. The lowest BCUT2D eigenvalue weighted by Crippen LogP contribution is -2.48. The Labute approximate surface area is 178 Å². The molecule has 2 N–H and O–H groups in total. The van der Waals surface area contributed by atoms with E-state index >= 15 is 0 Å². The minimum absolute atomic E-state index is 0.221. The van der Waals surface area contributed by atoms with Crippen molar-refractivity contribution in [2.45, 2.75) is 19.5 Å². The Hall–Kier alpha value is -2.55. The molecule has 0 aliphatic carbocycles. The van der Waals surface area contributed by atoms with Crippen LogP contribution >= 0.6 is 22.9 Å².